The molecule has 0 aromatic heterocycles. The molecule has 0 radical (unpaired) electrons. The van der Waals surface area contributed by atoms with E-state index < -0.39 is 60.7 Å². The molecule has 0 aliphatic heterocycles. The summed E-state index contributed by atoms with van der Waals surface area (Å²) in [7, 11) is 0. The van der Waals surface area contributed by atoms with Crippen LogP contribution in [0.25, 0.3) is 0 Å². The highest BCUT2D eigenvalue weighted by molar-refractivity contribution is 6.00. The average Bonchev–Trinajstić information content (AvgIpc) is 2.49. The zero-order valence-corrected chi connectivity index (χ0v) is 12.8. The molecule has 4 nitrogen and oxygen atoms in total. The molecule has 0 heterocycles. The fraction of sp³-hybridized carbons (Fsp3) is 0.429. The number of carbonyl (C=O) groups excluding carboxylic acids is 2. The van der Waals surface area contributed by atoms with Gasteiger partial charge in [-0.25, -0.2) is 0 Å². The van der Waals surface area contributed by atoms with Crippen molar-refractivity contribution in [2.75, 3.05) is 13.2 Å². The van der Waals surface area contributed by atoms with Gasteiger partial charge in [-0.1, -0.05) is 12.1 Å². The second kappa shape index (κ2) is 8.05. The van der Waals surface area contributed by atoms with E-state index in [2.05, 4.69) is 9.47 Å². The van der Waals surface area contributed by atoms with E-state index in [4.69, 9.17) is 0 Å². The van der Waals surface area contributed by atoms with Crippen LogP contribution in [0.1, 0.15) is 17.0 Å². The molecule has 13 heteroatoms. The number of hydrogen-bond acceptors (Lipinski definition) is 4. The first-order valence-corrected chi connectivity index (χ1v) is 6.74. The van der Waals surface area contributed by atoms with Gasteiger partial charge >= 0.3 is 30.5 Å². The van der Waals surface area contributed by atoms with Crippen LogP contribution in [0.4, 0.5) is 39.5 Å². The number of esters is 2. The van der Waals surface area contributed by atoms with Crippen molar-refractivity contribution in [2.45, 2.75) is 24.4 Å². The Labute approximate surface area is 144 Å². The summed E-state index contributed by atoms with van der Waals surface area (Å²) in [6, 6.07) is 1.85. The molecule has 0 saturated carbocycles. The van der Waals surface area contributed by atoms with Gasteiger partial charge in [0, 0.05) is 0 Å². The Morgan fingerprint density at radius 2 is 1.11 bits per heavy atom. The van der Waals surface area contributed by atoms with E-state index in [0.29, 0.717) is 24.3 Å². The molecule has 0 fully saturated rings. The molecule has 1 rings (SSSR count). The lowest BCUT2D eigenvalue weighted by Gasteiger charge is -2.17. The van der Waals surface area contributed by atoms with Crippen molar-refractivity contribution in [3.63, 3.8) is 0 Å². The molecule has 0 unspecified atom stereocenters. The Bertz CT molecular complexity index is 629. The number of ether oxygens (including phenoxy) is 2. The Hall–Kier alpha value is -2.47. The Morgan fingerprint density at radius 3 is 1.41 bits per heavy atom. The van der Waals surface area contributed by atoms with E-state index >= 15 is 0 Å². The number of hydrogen-bond donors (Lipinski definition) is 0. The van der Waals surface area contributed by atoms with Crippen molar-refractivity contribution in [1.82, 2.24) is 0 Å². The summed E-state index contributed by atoms with van der Waals surface area (Å²) in [6.45, 7) is -4.31. The van der Waals surface area contributed by atoms with Gasteiger partial charge in [-0.05, 0) is 17.7 Å². The van der Waals surface area contributed by atoms with Gasteiger partial charge in [0.1, 0.15) is 0 Å². The van der Waals surface area contributed by atoms with Gasteiger partial charge < -0.3 is 9.47 Å². The van der Waals surface area contributed by atoms with E-state index in [9.17, 15) is 49.1 Å². The van der Waals surface area contributed by atoms with Gasteiger partial charge in [0.05, 0.1) is 5.56 Å². The number of alkyl halides is 9. The van der Waals surface area contributed by atoms with Crippen molar-refractivity contribution >= 4 is 11.9 Å². The second-order valence-electron chi connectivity index (χ2n) is 5.00. The van der Waals surface area contributed by atoms with E-state index in [1.54, 1.807) is 0 Å². The predicted octanol–water partition coefficient (Wildman–Crippen LogP) is 4.00. The largest absolute Gasteiger partial charge is 0.455 e. The van der Waals surface area contributed by atoms with Gasteiger partial charge in [0.2, 0.25) is 0 Å². The molecular formula is C14H9F9O4. The third-order valence-corrected chi connectivity index (χ3v) is 2.80. The van der Waals surface area contributed by atoms with Gasteiger partial charge in [-0.2, -0.15) is 39.5 Å². The van der Waals surface area contributed by atoms with Crippen LogP contribution in [-0.4, -0.2) is 37.5 Å². The topological polar surface area (TPSA) is 52.6 Å². The molecular weight excluding hydrogens is 403 g/mol. The number of carbonyl (C=O) groups is 2. The summed E-state index contributed by atoms with van der Waals surface area (Å²) >= 11 is 0. The summed E-state index contributed by atoms with van der Waals surface area (Å²) in [6.07, 6.45) is -14.8. The van der Waals surface area contributed by atoms with Crippen LogP contribution in [0.15, 0.2) is 24.3 Å². The molecule has 0 bridgehead atoms. The predicted molar refractivity (Wildman–Crippen MR) is 68.2 cm³/mol. The molecule has 1 aromatic rings. The molecule has 152 valence electrons. The number of rotatable bonds is 5. The van der Waals surface area contributed by atoms with Crippen molar-refractivity contribution in [3.8, 4) is 0 Å². The van der Waals surface area contributed by atoms with Crippen molar-refractivity contribution < 1.29 is 58.6 Å². The van der Waals surface area contributed by atoms with Gasteiger partial charge in [0.15, 0.2) is 19.1 Å². The third kappa shape index (κ3) is 7.74. The number of halogens is 9. The quantitative estimate of drug-likeness (QED) is 0.417. The summed E-state index contributed by atoms with van der Waals surface area (Å²) < 4.78 is 118. The highest BCUT2D eigenvalue weighted by Gasteiger charge is 2.39. The standard InChI is InChI=1S/C14H9F9O4/c15-12(16,17)5-26-10(24)9(11(25)27-6-13(18,19)20)7-1-3-8(4-2-7)14(21,22)23/h1-4,9H,5-6H2. The van der Waals surface area contributed by atoms with Crippen LogP contribution in [0.3, 0.4) is 0 Å². The molecule has 0 amide bonds. The first-order valence-electron chi connectivity index (χ1n) is 6.74. The fourth-order valence-corrected chi connectivity index (χ4v) is 1.71. The van der Waals surface area contributed by atoms with Crippen LogP contribution in [0.2, 0.25) is 0 Å². The maximum absolute atomic E-state index is 12.5. The van der Waals surface area contributed by atoms with Gasteiger partial charge in [0.25, 0.3) is 0 Å². The molecule has 0 saturated heterocycles. The van der Waals surface area contributed by atoms with E-state index in [0.717, 1.165) is 0 Å². The van der Waals surface area contributed by atoms with Crippen LogP contribution in [-0.2, 0) is 25.2 Å². The van der Waals surface area contributed by atoms with E-state index in [1.807, 2.05) is 0 Å². The lowest BCUT2D eigenvalue weighted by atomic mass is 9.98. The average molecular weight is 412 g/mol. The van der Waals surface area contributed by atoms with Gasteiger partial charge in [-0.15, -0.1) is 0 Å². The minimum absolute atomic E-state index is 0.385. The van der Waals surface area contributed by atoms with Crippen molar-refractivity contribution in [1.29, 1.82) is 0 Å². The third-order valence-electron chi connectivity index (χ3n) is 2.80. The minimum atomic E-state index is -5.00. The summed E-state index contributed by atoms with van der Waals surface area (Å²) in [4.78, 5) is 23.4. The highest BCUT2D eigenvalue weighted by Crippen LogP contribution is 2.31. The molecule has 0 aliphatic carbocycles. The zero-order chi connectivity index (χ0) is 21.0. The first-order chi connectivity index (χ1) is 12.1. The molecule has 0 aliphatic rings. The van der Waals surface area contributed by atoms with E-state index in [-0.39, 0.29) is 0 Å². The normalized spacial score (nSPS) is 12.8. The maximum Gasteiger partial charge on any atom is 0.422 e. The zero-order valence-electron chi connectivity index (χ0n) is 12.8. The van der Waals surface area contributed by atoms with Crippen LogP contribution in [0, 0.1) is 0 Å². The Kier molecular flexibility index (Phi) is 6.73. The highest BCUT2D eigenvalue weighted by atomic mass is 19.4. The summed E-state index contributed by atoms with van der Waals surface area (Å²) in [5, 5.41) is 0. The SMILES string of the molecule is O=C(OCC(F)(F)F)C(C(=O)OCC(F)(F)F)c1ccc(C(F)(F)F)cc1. The van der Waals surface area contributed by atoms with Crippen LogP contribution < -0.4 is 0 Å². The van der Waals surface area contributed by atoms with Crippen molar-refractivity contribution in [2.24, 2.45) is 0 Å². The summed E-state index contributed by atoms with van der Waals surface area (Å²) in [5.74, 6) is -6.30. The molecule has 27 heavy (non-hydrogen) atoms. The minimum Gasteiger partial charge on any atom is -0.455 e. The lowest BCUT2D eigenvalue weighted by Crippen LogP contribution is -2.31. The van der Waals surface area contributed by atoms with Crippen LogP contribution >= 0.6 is 0 Å². The maximum atomic E-state index is 12.5. The Balaban J connectivity index is 3.09. The lowest BCUT2D eigenvalue weighted by molar-refractivity contribution is -0.196. The fourth-order valence-electron chi connectivity index (χ4n) is 1.71. The first kappa shape index (κ1) is 22.6. The Morgan fingerprint density at radius 1 is 0.741 bits per heavy atom. The van der Waals surface area contributed by atoms with E-state index in [1.165, 1.54) is 0 Å². The monoisotopic (exact) mass is 412 g/mol. The van der Waals surface area contributed by atoms with Crippen LogP contribution in [0.5, 0.6) is 0 Å². The second-order valence-corrected chi connectivity index (χ2v) is 5.00. The molecule has 0 spiro atoms. The number of benzene rings is 1. The van der Waals surface area contributed by atoms with Gasteiger partial charge in [-0.3, -0.25) is 9.59 Å². The summed E-state index contributed by atoms with van der Waals surface area (Å²) in [5.41, 5.74) is -1.86. The molecule has 0 N–H and O–H groups in total. The smallest absolute Gasteiger partial charge is 0.422 e. The molecule has 1 aromatic carbocycles. The van der Waals surface area contributed by atoms with Crippen molar-refractivity contribution in [3.05, 3.63) is 35.4 Å². The molecule has 0 atom stereocenters.